The third-order valence-corrected chi connectivity index (χ3v) is 3.49. The van der Waals surface area contributed by atoms with E-state index in [1.54, 1.807) is 0 Å². The summed E-state index contributed by atoms with van der Waals surface area (Å²) < 4.78 is 5.60. The van der Waals surface area contributed by atoms with Crippen molar-refractivity contribution in [3.63, 3.8) is 0 Å². The Morgan fingerprint density at radius 3 is 2.76 bits per heavy atom. The lowest BCUT2D eigenvalue weighted by Gasteiger charge is -2.16. The fourth-order valence-electron chi connectivity index (χ4n) is 2.41. The van der Waals surface area contributed by atoms with E-state index < -0.39 is 0 Å². The number of nitrogens with one attached hydrogen (secondary N) is 1. The van der Waals surface area contributed by atoms with Crippen LogP contribution in [0.4, 0.5) is 0 Å². The van der Waals surface area contributed by atoms with Gasteiger partial charge in [0, 0.05) is 0 Å². The summed E-state index contributed by atoms with van der Waals surface area (Å²) in [5, 5.41) is 3.52. The van der Waals surface area contributed by atoms with Crippen molar-refractivity contribution in [3.05, 3.63) is 23.7 Å². The first kappa shape index (κ1) is 12.7. The van der Waals surface area contributed by atoms with Crippen LogP contribution in [0.15, 0.2) is 16.5 Å². The van der Waals surface area contributed by atoms with Gasteiger partial charge in [0.15, 0.2) is 0 Å². The molecule has 1 fully saturated rings. The van der Waals surface area contributed by atoms with Crippen molar-refractivity contribution in [2.75, 3.05) is 26.2 Å². The van der Waals surface area contributed by atoms with Crippen molar-refractivity contribution >= 4 is 0 Å². The lowest BCUT2D eigenvalue weighted by atomic mass is 10.2. The smallest absolute Gasteiger partial charge is 0.120 e. The third-order valence-electron chi connectivity index (χ3n) is 3.49. The van der Waals surface area contributed by atoms with E-state index in [0.717, 1.165) is 18.1 Å². The maximum Gasteiger partial charge on any atom is 0.120 e. The molecule has 1 N–H and O–H groups in total. The Bertz CT molecular complexity index is 329. The van der Waals surface area contributed by atoms with Crippen LogP contribution in [0.1, 0.15) is 43.7 Å². The normalized spacial score (nSPS) is 18.7. The van der Waals surface area contributed by atoms with E-state index in [0.29, 0.717) is 6.04 Å². The second-order valence-corrected chi connectivity index (χ2v) is 5.03. The van der Waals surface area contributed by atoms with Crippen molar-refractivity contribution in [3.8, 4) is 0 Å². The first-order valence-corrected chi connectivity index (χ1v) is 6.78. The topological polar surface area (TPSA) is 28.4 Å². The second-order valence-electron chi connectivity index (χ2n) is 5.03. The molecule has 0 aliphatic carbocycles. The van der Waals surface area contributed by atoms with E-state index in [1.165, 1.54) is 38.9 Å². The van der Waals surface area contributed by atoms with Crippen molar-refractivity contribution in [1.29, 1.82) is 0 Å². The van der Waals surface area contributed by atoms with Crippen LogP contribution in [0, 0.1) is 6.92 Å². The Morgan fingerprint density at radius 1 is 1.35 bits per heavy atom. The first-order valence-electron chi connectivity index (χ1n) is 6.78. The molecule has 1 aliphatic heterocycles. The van der Waals surface area contributed by atoms with E-state index in [9.17, 15) is 0 Å². The van der Waals surface area contributed by atoms with Gasteiger partial charge in [-0.25, -0.2) is 0 Å². The Labute approximate surface area is 104 Å². The number of furan rings is 1. The SMILES string of the molecule is Cc1ccc(C(C)NCCCN2CCCC2)o1. The predicted molar refractivity (Wildman–Crippen MR) is 70.2 cm³/mol. The van der Waals surface area contributed by atoms with Gasteiger partial charge < -0.3 is 14.6 Å². The van der Waals surface area contributed by atoms with Gasteiger partial charge in [0.2, 0.25) is 0 Å². The number of hydrogen-bond acceptors (Lipinski definition) is 3. The van der Waals surface area contributed by atoms with Crippen LogP contribution in [-0.2, 0) is 0 Å². The Balaban J connectivity index is 1.61. The Hall–Kier alpha value is -0.800. The van der Waals surface area contributed by atoms with Gasteiger partial charge in [-0.15, -0.1) is 0 Å². The molecule has 17 heavy (non-hydrogen) atoms. The molecular weight excluding hydrogens is 212 g/mol. The van der Waals surface area contributed by atoms with Gasteiger partial charge in [0.1, 0.15) is 11.5 Å². The fraction of sp³-hybridized carbons (Fsp3) is 0.714. The molecule has 3 nitrogen and oxygen atoms in total. The van der Waals surface area contributed by atoms with Crippen molar-refractivity contribution in [2.45, 2.75) is 39.2 Å². The van der Waals surface area contributed by atoms with Crippen molar-refractivity contribution < 1.29 is 4.42 Å². The van der Waals surface area contributed by atoms with Gasteiger partial charge in [-0.1, -0.05) is 0 Å². The minimum Gasteiger partial charge on any atom is -0.465 e. The van der Waals surface area contributed by atoms with Crippen LogP contribution < -0.4 is 5.32 Å². The zero-order valence-corrected chi connectivity index (χ0v) is 11.0. The molecule has 1 aromatic rings. The summed E-state index contributed by atoms with van der Waals surface area (Å²) in [6, 6.07) is 4.41. The molecule has 2 rings (SSSR count). The summed E-state index contributed by atoms with van der Waals surface area (Å²) >= 11 is 0. The fourth-order valence-corrected chi connectivity index (χ4v) is 2.41. The van der Waals surface area contributed by atoms with E-state index in [2.05, 4.69) is 23.2 Å². The third kappa shape index (κ3) is 3.86. The molecule has 0 aromatic carbocycles. The number of aryl methyl sites for hydroxylation is 1. The highest BCUT2D eigenvalue weighted by Gasteiger charge is 2.11. The van der Waals surface area contributed by atoms with Gasteiger partial charge in [-0.3, -0.25) is 0 Å². The number of nitrogens with zero attached hydrogens (tertiary/aromatic N) is 1. The van der Waals surface area contributed by atoms with E-state index >= 15 is 0 Å². The van der Waals surface area contributed by atoms with E-state index in [1.807, 2.05) is 13.0 Å². The predicted octanol–water partition coefficient (Wildman–Crippen LogP) is 2.72. The maximum absolute atomic E-state index is 5.60. The number of hydrogen-bond donors (Lipinski definition) is 1. The van der Waals surface area contributed by atoms with Gasteiger partial charge >= 0.3 is 0 Å². The summed E-state index contributed by atoms with van der Waals surface area (Å²) in [6.45, 7) is 9.05. The monoisotopic (exact) mass is 236 g/mol. The zero-order valence-electron chi connectivity index (χ0n) is 11.0. The molecule has 0 spiro atoms. The molecule has 96 valence electrons. The average Bonchev–Trinajstić information content (AvgIpc) is 2.95. The number of likely N-dealkylation sites (tertiary alicyclic amines) is 1. The zero-order chi connectivity index (χ0) is 12.1. The van der Waals surface area contributed by atoms with Gasteiger partial charge in [-0.2, -0.15) is 0 Å². The Morgan fingerprint density at radius 2 is 2.12 bits per heavy atom. The van der Waals surface area contributed by atoms with Crippen LogP contribution >= 0.6 is 0 Å². The summed E-state index contributed by atoms with van der Waals surface area (Å²) in [5.41, 5.74) is 0. The standard InChI is InChI=1S/C14H24N2O/c1-12-6-7-14(17-12)13(2)15-8-5-11-16-9-3-4-10-16/h6-7,13,15H,3-5,8-11H2,1-2H3. The first-order chi connectivity index (χ1) is 8.25. The van der Waals surface area contributed by atoms with Crippen molar-refractivity contribution in [1.82, 2.24) is 10.2 Å². The van der Waals surface area contributed by atoms with Gasteiger partial charge in [-0.05, 0) is 71.4 Å². The molecule has 1 aliphatic rings. The van der Waals surface area contributed by atoms with Crippen LogP contribution in [0.5, 0.6) is 0 Å². The highest BCUT2D eigenvalue weighted by atomic mass is 16.3. The van der Waals surface area contributed by atoms with Crippen LogP contribution in [0.25, 0.3) is 0 Å². The van der Waals surface area contributed by atoms with Crippen LogP contribution in [0.3, 0.4) is 0 Å². The molecule has 0 bridgehead atoms. The molecule has 0 saturated carbocycles. The van der Waals surface area contributed by atoms with Crippen LogP contribution in [0.2, 0.25) is 0 Å². The molecule has 1 saturated heterocycles. The minimum atomic E-state index is 0.322. The van der Waals surface area contributed by atoms with Crippen molar-refractivity contribution in [2.24, 2.45) is 0 Å². The molecule has 1 unspecified atom stereocenters. The highest BCUT2D eigenvalue weighted by Crippen LogP contribution is 2.15. The maximum atomic E-state index is 5.60. The van der Waals surface area contributed by atoms with Gasteiger partial charge in [0.25, 0.3) is 0 Å². The summed E-state index contributed by atoms with van der Waals surface area (Å²) in [5.74, 6) is 2.04. The van der Waals surface area contributed by atoms with E-state index in [4.69, 9.17) is 4.42 Å². The summed E-state index contributed by atoms with van der Waals surface area (Å²) in [7, 11) is 0. The molecule has 1 atom stereocenters. The Kier molecular flexibility index (Phi) is 4.63. The molecular formula is C14H24N2O. The molecule has 3 heteroatoms. The summed E-state index contributed by atoms with van der Waals surface area (Å²) in [6.07, 6.45) is 4.00. The van der Waals surface area contributed by atoms with Crippen LogP contribution in [-0.4, -0.2) is 31.1 Å². The minimum absolute atomic E-state index is 0.322. The van der Waals surface area contributed by atoms with Gasteiger partial charge in [0.05, 0.1) is 6.04 Å². The lowest BCUT2D eigenvalue weighted by molar-refractivity contribution is 0.325. The quantitative estimate of drug-likeness (QED) is 0.770. The molecule has 2 heterocycles. The second kappa shape index (κ2) is 6.22. The molecule has 0 amide bonds. The number of rotatable bonds is 6. The largest absolute Gasteiger partial charge is 0.465 e. The molecule has 1 aromatic heterocycles. The summed E-state index contributed by atoms with van der Waals surface area (Å²) in [4.78, 5) is 2.56. The average molecular weight is 236 g/mol. The molecule has 0 radical (unpaired) electrons. The highest BCUT2D eigenvalue weighted by molar-refractivity contribution is 5.08. The lowest BCUT2D eigenvalue weighted by Crippen LogP contribution is -2.26. The van der Waals surface area contributed by atoms with E-state index in [-0.39, 0.29) is 0 Å².